The lowest BCUT2D eigenvalue weighted by Crippen LogP contribution is -2.24. The standard InChI is InChI=1S/C7H9ClO7P2S/c8-5-1-3-6(4-2-5)18-7(9,16(10,11)12)17(13,14)15/h1-4,9H,(H2,10,11,12)(H2,13,14,15). The van der Waals surface area contributed by atoms with Crippen molar-refractivity contribution in [2.24, 2.45) is 0 Å². The molecule has 1 aromatic rings. The van der Waals surface area contributed by atoms with Crippen molar-refractivity contribution in [2.45, 2.75) is 9.31 Å². The predicted octanol–water partition coefficient (Wildman–Crippen LogP) is 1.39. The normalized spacial score (nSPS) is 13.7. The molecular weight excluding hydrogens is 326 g/mol. The van der Waals surface area contributed by atoms with E-state index in [2.05, 4.69) is 0 Å². The molecule has 0 aromatic heterocycles. The summed E-state index contributed by atoms with van der Waals surface area (Å²) >= 11 is 5.57. The quantitative estimate of drug-likeness (QED) is 0.317. The van der Waals surface area contributed by atoms with Crippen LogP contribution >= 0.6 is 38.6 Å². The number of benzene rings is 1. The van der Waals surface area contributed by atoms with Gasteiger partial charge in [0, 0.05) is 9.92 Å². The van der Waals surface area contributed by atoms with Gasteiger partial charge in [0.2, 0.25) is 0 Å². The third kappa shape index (κ3) is 3.36. The maximum absolute atomic E-state index is 11.1. The largest absolute Gasteiger partial charge is 0.380 e. The first-order valence-corrected chi connectivity index (χ1v) is 8.67. The van der Waals surface area contributed by atoms with Crippen LogP contribution in [0.25, 0.3) is 0 Å². The van der Waals surface area contributed by atoms with Crippen LogP contribution in [-0.2, 0) is 9.13 Å². The molecule has 1 aromatic carbocycles. The number of hydrogen-bond donors (Lipinski definition) is 5. The number of halogens is 1. The summed E-state index contributed by atoms with van der Waals surface area (Å²) in [5.41, 5.74) is 0. The molecule has 0 fully saturated rings. The topological polar surface area (TPSA) is 135 Å². The molecule has 0 heterocycles. The van der Waals surface area contributed by atoms with Gasteiger partial charge in [-0.2, -0.15) is 0 Å². The first-order valence-electron chi connectivity index (χ1n) is 4.25. The number of hydrogen-bond acceptors (Lipinski definition) is 4. The molecule has 0 aliphatic carbocycles. The summed E-state index contributed by atoms with van der Waals surface area (Å²) in [7, 11) is -10.9. The maximum atomic E-state index is 11.1. The van der Waals surface area contributed by atoms with E-state index >= 15 is 0 Å². The van der Waals surface area contributed by atoms with E-state index in [-0.39, 0.29) is 16.7 Å². The van der Waals surface area contributed by atoms with Crippen LogP contribution in [0, 0.1) is 0 Å². The molecule has 0 saturated carbocycles. The van der Waals surface area contributed by atoms with E-state index < -0.39 is 19.6 Å². The van der Waals surface area contributed by atoms with Gasteiger partial charge in [0.25, 0.3) is 0 Å². The van der Waals surface area contributed by atoms with E-state index in [0.29, 0.717) is 5.02 Å². The lowest BCUT2D eigenvalue weighted by molar-refractivity contribution is 0.198. The van der Waals surface area contributed by atoms with Crippen molar-refractivity contribution in [1.29, 1.82) is 0 Å². The molecule has 0 unspecified atom stereocenters. The van der Waals surface area contributed by atoms with Crippen molar-refractivity contribution in [3.63, 3.8) is 0 Å². The van der Waals surface area contributed by atoms with Crippen molar-refractivity contribution < 1.29 is 33.8 Å². The Morgan fingerprint density at radius 3 is 1.72 bits per heavy atom. The van der Waals surface area contributed by atoms with Crippen molar-refractivity contribution in [3.05, 3.63) is 29.3 Å². The zero-order valence-corrected chi connectivity index (χ0v) is 11.9. The van der Waals surface area contributed by atoms with Crippen LogP contribution in [0.4, 0.5) is 0 Å². The molecule has 1 rings (SSSR count). The Balaban J connectivity index is 3.20. The van der Waals surface area contributed by atoms with Crippen molar-refractivity contribution >= 4 is 38.6 Å². The molecule has 0 radical (unpaired) electrons. The number of aliphatic hydroxyl groups is 1. The van der Waals surface area contributed by atoms with Crippen LogP contribution < -0.4 is 0 Å². The van der Waals surface area contributed by atoms with E-state index in [1.54, 1.807) is 0 Å². The average molecular weight is 335 g/mol. The predicted molar refractivity (Wildman–Crippen MR) is 66.3 cm³/mol. The van der Waals surface area contributed by atoms with Crippen molar-refractivity contribution in [2.75, 3.05) is 0 Å². The summed E-state index contributed by atoms with van der Waals surface area (Å²) < 4.78 is 18.6. The highest BCUT2D eigenvalue weighted by Crippen LogP contribution is 2.73. The lowest BCUT2D eigenvalue weighted by Gasteiger charge is -2.28. The molecule has 0 saturated heterocycles. The summed E-state index contributed by atoms with van der Waals surface area (Å²) in [6.45, 7) is 0. The van der Waals surface area contributed by atoms with Gasteiger partial charge in [-0.15, -0.1) is 0 Å². The van der Waals surface area contributed by atoms with Gasteiger partial charge in [-0.25, -0.2) is 0 Å². The van der Waals surface area contributed by atoms with Gasteiger partial charge in [-0.1, -0.05) is 23.4 Å². The monoisotopic (exact) mass is 334 g/mol. The van der Waals surface area contributed by atoms with Gasteiger partial charge >= 0.3 is 19.6 Å². The molecule has 0 atom stereocenters. The van der Waals surface area contributed by atoms with Gasteiger partial charge in [-0.3, -0.25) is 9.13 Å². The molecule has 102 valence electrons. The van der Waals surface area contributed by atoms with Gasteiger partial charge in [0.05, 0.1) is 0 Å². The van der Waals surface area contributed by atoms with Crippen LogP contribution in [0.15, 0.2) is 29.2 Å². The third-order valence-corrected chi connectivity index (χ3v) is 7.92. The third-order valence-electron chi connectivity index (χ3n) is 1.83. The summed E-state index contributed by atoms with van der Waals surface area (Å²) in [5.74, 6) is 0. The van der Waals surface area contributed by atoms with E-state index in [0.717, 1.165) is 0 Å². The summed E-state index contributed by atoms with van der Waals surface area (Å²) in [6, 6.07) is 5.24. The van der Waals surface area contributed by atoms with E-state index in [4.69, 9.17) is 31.2 Å². The Morgan fingerprint density at radius 2 is 1.39 bits per heavy atom. The Kier molecular flexibility index (Phi) is 4.71. The average Bonchev–Trinajstić information content (AvgIpc) is 2.18. The van der Waals surface area contributed by atoms with Gasteiger partial charge in [-0.05, 0) is 24.3 Å². The molecule has 18 heavy (non-hydrogen) atoms. The SMILES string of the molecule is O=P(O)(O)C(O)(Sc1ccc(Cl)cc1)P(=O)(O)O. The van der Waals surface area contributed by atoms with Crippen LogP contribution in [0.2, 0.25) is 5.02 Å². The minimum atomic E-state index is -5.46. The molecule has 0 aliphatic rings. The van der Waals surface area contributed by atoms with E-state index in [9.17, 15) is 14.2 Å². The van der Waals surface area contributed by atoms with Gasteiger partial charge in [0.1, 0.15) is 0 Å². The Morgan fingerprint density at radius 1 is 1.00 bits per heavy atom. The lowest BCUT2D eigenvalue weighted by atomic mass is 10.4. The summed E-state index contributed by atoms with van der Waals surface area (Å²) in [5, 5.41) is 9.94. The molecule has 0 spiro atoms. The Bertz CT molecular complexity index is 499. The van der Waals surface area contributed by atoms with Crippen LogP contribution in [0.1, 0.15) is 0 Å². The zero-order chi connectivity index (χ0) is 14.2. The summed E-state index contributed by atoms with van der Waals surface area (Å²) in [6.07, 6.45) is 0. The molecule has 7 nitrogen and oxygen atoms in total. The maximum Gasteiger partial charge on any atom is 0.380 e. The Labute approximate surface area is 111 Å². The van der Waals surface area contributed by atoms with E-state index in [1.807, 2.05) is 0 Å². The number of rotatable bonds is 4. The highest BCUT2D eigenvalue weighted by Gasteiger charge is 2.60. The molecule has 0 bridgehead atoms. The summed E-state index contributed by atoms with van der Waals surface area (Å²) in [4.78, 5) is 35.7. The van der Waals surface area contributed by atoms with Crippen molar-refractivity contribution in [1.82, 2.24) is 0 Å². The fourth-order valence-electron chi connectivity index (χ4n) is 0.949. The molecule has 0 aliphatic heterocycles. The molecule has 0 amide bonds. The second-order valence-corrected chi connectivity index (χ2v) is 9.35. The second-order valence-electron chi connectivity index (χ2n) is 3.22. The number of thioether (sulfide) groups is 1. The van der Waals surface area contributed by atoms with Gasteiger partial charge < -0.3 is 24.7 Å². The van der Waals surface area contributed by atoms with Crippen LogP contribution in [0.3, 0.4) is 0 Å². The van der Waals surface area contributed by atoms with Gasteiger partial charge in [0.15, 0.2) is 0 Å². The first-order chi connectivity index (χ1) is 7.97. The fraction of sp³-hybridized carbons (Fsp3) is 0.143. The minimum Gasteiger partial charge on any atom is -0.359 e. The Hall–Kier alpha value is 0.120. The smallest absolute Gasteiger partial charge is 0.359 e. The van der Waals surface area contributed by atoms with Crippen LogP contribution in [-0.4, -0.2) is 29.1 Å². The highest BCUT2D eigenvalue weighted by molar-refractivity contribution is 8.13. The second kappa shape index (κ2) is 5.25. The fourth-order valence-corrected chi connectivity index (χ4v) is 4.61. The van der Waals surface area contributed by atoms with E-state index in [1.165, 1.54) is 24.3 Å². The van der Waals surface area contributed by atoms with Crippen LogP contribution in [0.5, 0.6) is 0 Å². The van der Waals surface area contributed by atoms with Crippen molar-refractivity contribution in [3.8, 4) is 0 Å². The highest BCUT2D eigenvalue weighted by atomic mass is 35.5. The molecular formula is C7H9ClO7P2S. The first kappa shape index (κ1) is 16.2. The minimum absolute atomic E-state index is 0.0157. The molecule has 11 heteroatoms. The molecule has 5 N–H and O–H groups in total. The zero-order valence-electron chi connectivity index (χ0n) is 8.54.